The van der Waals surface area contributed by atoms with E-state index in [2.05, 4.69) is 10.3 Å². The van der Waals surface area contributed by atoms with Gasteiger partial charge in [0.1, 0.15) is 11.6 Å². The zero-order valence-electron chi connectivity index (χ0n) is 10.6. The maximum Gasteiger partial charge on any atom is 0.193 e. The van der Waals surface area contributed by atoms with Gasteiger partial charge in [0.25, 0.3) is 0 Å². The lowest BCUT2D eigenvalue weighted by Gasteiger charge is -2.03. The summed E-state index contributed by atoms with van der Waals surface area (Å²) in [7, 11) is 0. The summed E-state index contributed by atoms with van der Waals surface area (Å²) in [6.07, 6.45) is 4.52. The highest BCUT2D eigenvalue weighted by molar-refractivity contribution is 7.15. The SMILES string of the molecule is Fc1cc(F)cc(CCNCc2cn3ccsc3n2)c1. The first-order valence-electron chi connectivity index (χ1n) is 6.27. The van der Waals surface area contributed by atoms with Gasteiger partial charge < -0.3 is 5.32 Å². The van der Waals surface area contributed by atoms with Crippen molar-refractivity contribution in [2.45, 2.75) is 13.0 Å². The molecule has 6 heteroatoms. The quantitative estimate of drug-likeness (QED) is 0.733. The Balaban J connectivity index is 1.51. The molecule has 0 spiro atoms. The van der Waals surface area contributed by atoms with E-state index in [4.69, 9.17) is 0 Å². The van der Waals surface area contributed by atoms with E-state index in [1.165, 1.54) is 12.1 Å². The van der Waals surface area contributed by atoms with Crippen LogP contribution in [0.15, 0.2) is 36.0 Å². The summed E-state index contributed by atoms with van der Waals surface area (Å²) in [6.45, 7) is 1.29. The smallest absolute Gasteiger partial charge is 0.193 e. The minimum absolute atomic E-state index is 0.533. The van der Waals surface area contributed by atoms with E-state index in [1.807, 2.05) is 22.2 Å². The Labute approximate surface area is 118 Å². The maximum absolute atomic E-state index is 13.0. The molecule has 3 nitrogen and oxygen atoms in total. The van der Waals surface area contributed by atoms with Crippen molar-refractivity contribution >= 4 is 16.3 Å². The van der Waals surface area contributed by atoms with Crippen LogP contribution in [0, 0.1) is 11.6 Å². The molecular weight excluding hydrogens is 280 g/mol. The van der Waals surface area contributed by atoms with Crippen LogP contribution < -0.4 is 5.32 Å². The summed E-state index contributed by atoms with van der Waals surface area (Å²) in [4.78, 5) is 5.41. The molecule has 0 atom stereocenters. The van der Waals surface area contributed by atoms with E-state index < -0.39 is 11.6 Å². The van der Waals surface area contributed by atoms with Gasteiger partial charge in [-0.25, -0.2) is 13.8 Å². The largest absolute Gasteiger partial charge is 0.311 e. The number of nitrogens with zero attached hydrogens (tertiary/aromatic N) is 2. The molecule has 0 amide bonds. The van der Waals surface area contributed by atoms with Gasteiger partial charge >= 0.3 is 0 Å². The van der Waals surface area contributed by atoms with Gasteiger partial charge in [-0.2, -0.15) is 0 Å². The lowest BCUT2D eigenvalue weighted by Crippen LogP contribution is -2.17. The van der Waals surface area contributed by atoms with Crippen molar-refractivity contribution in [3.63, 3.8) is 0 Å². The van der Waals surface area contributed by atoms with Crippen molar-refractivity contribution in [2.24, 2.45) is 0 Å². The second-order valence-corrected chi connectivity index (χ2v) is 5.40. The fraction of sp³-hybridized carbons (Fsp3) is 0.214. The van der Waals surface area contributed by atoms with Gasteiger partial charge in [-0.15, -0.1) is 11.3 Å². The molecule has 3 rings (SSSR count). The minimum atomic E-state index is -0.533. The Morgan fingerprint density at radius 2 is 2.00 bits per heavy atom. The average Bonchev–Trinajstić information content (AvgIpc) is 2.94. The summed E-state index contributed by atoms with van der Waals surface area (Å²) in [6, 6.07) is 3.60. The first kappa shape index (κ1) is 13.2. The van der Waals surface area contributed by atoms with Crippen LogP contribution in [0.2, 0.25) is 0 Å². The highest BCUT2D eigenvalue weighted by Crippen LogP contribution is 2.11. The van der Waals surface area contributed by atoms with E-state index in [9.17, 15) is 8.78 Å². The molecule has 1 aromatic carbocycles. The molecule has 2 aromatic heterocycles. The van der Waals surface area contributed by atoms with Crippen LogP contribution in [-0.4, -0.2) is 15.9 Å². The molecule has 0 aliphatic rings. The van der Waals surface area contributed by atoms with Crippen molar-refractivity contribution in [1.29, 1.82) is 0 Å². The maximum atomic E-state index is 13.0. The third-order valence-electron chi connectivity index (χ3n) is 2.96. The first-order valence-corrected chi connectivity index (χ1v) is 7.15. The van der Waals surface area contributed by atoms with Crippen LogP contribution in [0.4, 0.5) is 8.78 Å². The number of rotatable bonds is 5. The fourth-order valence-corrected chi connectivity index (χ4v) is 2.78. The monoisotopic (exact) mass is 293 g/mol. The summed E-state index contributed by atoms with van der Waals surface area (Å²) >= 11 is 1.59. The molecule has 2 heterocycles. The zero-order chi connectivity index (χ0) is 13.9. The van der Waals surface area contributed by atoms with Crippen LogP contribution >= 0.6 is 11.3 Å². The molecule has 104 valence electrons. The number of nitrogens with one attached hydrogen (secondary N) is 1. The van der Waals surface area contributed by atoms with Gasteiger partial charge in [0, 0.05) is 30.4 Å². The van der Waals surface area contributed by atoms with Crippen molar-refractivity contribution in [1.82, 2.24) is 14.7 Å². The molecule has 0 aliphatic heterocycles. The van der Waals surface area contributed by atoms with Crippen LogP contribution in [-0.2, 0) is 13.0 Å². The van der Waals surface area contributed by atoms with Crippen molar-refractivity contribution in [2.75, 3.05) is 6.54 Å². The predicted molar refractivity (Wildman–Crippen MR) is 74.8 cm³/mol. The van der Waals surface area contributed by atoms with Crippen LogP contribution in [0.1, 0.15) is 11.3 Å². The summed E-state index contributed by atoms with van der Waals surface area (Å²) < 4.78 is 28.0. The Bertz CT molecular complexity index is 671. The standard InChI is InChI=1S/C14H13F2N3S/c15-11-5-10(6-12(16)7-11)1-2-17-8-13-9-19-3-4-20-14(19)18-13/h3-7,9,17H,1-2,8H2. The molecule has 3 aromatic rings. The molecule has 20 heavy (non-hydrogen) atoms. The Morgan fingerprint density at radius 3 is 2.75 bits per heavy atom. The summed E-state index contributed by atoms with van der Waals surface area (Å²) in [5.74, 6) is -1.07. The molecule has 0 saturated carbocycles. The third kappa shape index (κ3) is 3.02. The van der Waals surface area contributed by atoms with Crippen molar-refractivity contribution in [3.05, 3.63) is 58.9 Å². The second kappa shape index (κ2) is 5.68. The number of hydrogen-bond acceptors (Lipinski definition) is 3. The molecule has 0 saturated heterocycles. The van der Waals surface area contributed by atoms with E-state index >= 15 is 0 Å². The third-order valence-corrected chi connectivity index (χ3v) is 3.73. The van der Waals surface area contributed by atoms with E-state index in [0.717, 1.165) is 16.7 Å². The van der Waals surface area contributed by atoms with Crippen LogP contribution in [0.3, 0.4) is 0 Å². The number of imidazole rings is 1. The molecule has 0 bridgehead atoms. The van der Waals surface area contributed by atoms with Gasteiger partial charge in [-0.05, 0) is 30.7 Å². The van der Waals surface area contributed by atoms with Gasteiger partial charge in [0.15, 0.2) is 4.96 Å². The lowest BCUT2D eigenvalue weighted by atomic mass is 10.1. The van der Waals surface area contributed by atoms with E-state index in [0.29, 0.717) is 25.1 Å². The number of aromatic nitrogens is 2. The molecule has 0 radical (unpaired) electrons. The van der Waals surface area contributed by atoms with E-state index in [-0.39, 0.29) is 0 Å². The normalized spacial score (nSPS) is 11.3. The number of thiazole rings is 1. The van der Waals surface area contributed by atoms with Gasteiger partial charge in [0.05, 0.1) is 5.69 Å². The van der Waals surface area contributed by atoms with E-state index in [1.54, 1.807) is 11.3 Å². The number of fused-ring (bicyclic) bond motifs is 1. The summed E-state index contributed by atoms with van der Waals surface area (Å²) in [5, 5.41) is 5.21. The number of benzene rings is 1. The number of halogens is 2. The fourth-order valence-electron chi connectivity index (χ4n) is 2.07. The molecular formula is C14H13F2N3S. The Morgan fingerprint density at radius 1 is 1.20 bits per heavy atom. The molecule has 0 unspecified atom stereocenters. The Hall–Kier alpha value is -1.79. The highest BCUT2D eigenvalue weighted by Gasteiger charge is 2.03. The highest BCUT2D eigenvalue weighted by atomic mass is 32.1. The van der Waals surface area contributed by atoms with Gasteiger partial charge in [-0.3, -0.25) is 4.40 Å². The lowest BCUT2D eigenvalue weighted by molar-refractivity contribution is 0.577. The molecule has 1 N–H and O–H groups in total. The predicted octanol–water partition coefficient (Wildman–Crippen LogP) is 3.01. The van der Waals surface area contributed by atoms with Crippen molar-refractivity contribution in [3.8, 4) is 0 Å². The van der Waals surface area contributed by atoms with Gasteiger partial charge in [0.2, 0.25) is 0 Å². The second-order valence-electron chi connectivity index (χ2n) is 4.53. The molecule has 0 aliphatic carbocycles. The van der Waals surface area contributed by atoms with Crippen molar-refractivity contribution < 1.29 is 8.78 Å². The van der Waals surface area contributed by atoms with Crippen LogP contribution in [0.5, 0.6) is 0 Å². The zero-order valence-corrected chi connectivity index (χ0v) is 11.5. The minimum Gasteiger partial charge on any atom is -0.311 e. The van der Waals surface area contributed by atoms with Gasteiger partial charge in [-0.1, -0.05) is 0 Å². The number of hydrogen-bond donors (Lipinski definition) is 1. The van der Waals surface area contributed by atoms with Crippen LogP contribution in [0.25, 0.3) is 4.96 Å². The average molecular weight is 293 g/mol. The Kier molecular flexibility index (Phi) is 3.75. The topological polar surface area (TPSA) is 29.3 Å². The first-order chi connectivity index (χ1) is 9.70. The summed E-state index contributed by atoms with van der Waals surface area (Å²) in [5.41, 5.74) is 1.61. The molecule has 0 fully saturated rings.